The van der Waals surface area contributed by atoms with E-state index in [1.165, 1.54) is 30.2 Å². The molecule has 2 heterocycles. The fourth-order valence-electron chi connectivity index (χ4n) is 3.53. The first-order chi connectivity index (χ1) is 17.5. The van der Waals surface area contributed by atoms with E-state index in [2.05, 4.69) is 15.5 Å². The zero-order chi connectivity index (χ0) is 25.7. The fraction of sp³-hybridized carbons (Fsp3) is 0.200. The summed E-state index contributed by atoms with van der Waals surface area (Å²) in [5.41, 5.74) is 2.60. The minimum Gasteiger partial charge on any atom is -0.497 e. The van der Waals surface area contributed by atoms with Crippen LogP contribution in [0.3, 0.4) is 0 Å². The lowest BCUT2D eigenvalue weighted by molar-refractivity contribution is -0.113. The van der Waals surface area contributed by atoms with E-state index in [9.17, 15) is 9.59 Å². The summed E-state index contributed by atoms with van der Waals surface area (Å²) in [6, 6.07) is 14.8. The second-order valence-electron chi connectivity index (χ2n) is 7.48. The van der Waals surface area contributed by atoms with Gasteiger partial charge in [-0.2, -0.15) is 0 Å². The molecule has 2 aromatic carbocycles. The predicted octanol–water partition coefficient (Wildman–Crippen LogP) is 4.75. The van der Waals surface area contributed by atoms with Crippen LogP contribution < -0.4 is 14.8 Å². The summed E-state index contributed by atoms with van der Waals surface area (Å²) in [5, 5.41) is 14.1. The van der Waals surface area contributed by atoms with Crippen molar-refractivity contribution in [2.45, 2.75) is 5.16 Å². The van der Waals surface area contributed by atoms with Gasteiger partial charge < -0.3 is 24.1 Å². The number of thiophene rings is 1. The Balaban J connectivity index is 1.49. The van der Waals surface area contributed by atoms with Crippen molar-refractivity contribution in [1.29, 1.82) is 0 Å². The first kappa shape index (κ1) is 25.3. The van der Waals surface area contributed by atoms with Crippen molar-refractivity contribution in [2.24, 2.45) is 7.05 Å². The molecule has 0 unspecified atom stereocenters. The maximum absolute atomic E-state index is 12.8. The van der Waals surface area contributed by atoms with E-state index < -0.39 is 5.97 Å². The molecule has 0 saturated carbocycles. The normalized spacial score (nSPS) is 10.7. The van der Waals surface area contributed by atoms with Gasteiger partial charge in [0.1, 0.15) is 22.1 Å². The number of esters is 1. The number of aromatic nitrogens is 3. The first-order valence-corrected chi connectivity index (χ1v) is 12.6. The summed E-state index contributed by atoms with van der Waals surface area (Å²) >= 11 is 2.50. The van der Waals surface area contributed by atoms with E-state index in [-0.39, 0.29) is 11.7 Å². The van der Waals surface area contributed by atoms with Gasteiger partial charge in [-0.25, -0.2) is 4.79 Å². The summed E-state index contributed by atoms with van der Waals surface area (Å²) in [6.07, 6.45) is 0. The van der Waals surface area contributed by atoms with Crippen LogP contribution >= 0.6 is 23.1 Å². The zero-order valence-electron chi connectivity index (χ0n) is 20.1. The van der Waals surface area contributed by atoms with Gasteiger partial charge in [0.2, 0.25) is 5.91 Å². The highest BCUT2D eigenvalue weighted by atomic mass is 32.2. The third kappa shape index (κ3) is 5.21. The molecular formula is C25H24N4O5S2. The molecule has 0 saturated heterocycles. The van der Waals surface area contributed by atoms with E-state index >= 15 is 0 Å². The summed E-state index contributed by atoms with van der Waals surface area (Å²) in [4.78, 5) is 25.4. The van der Waals surface area contributed by atoms with Crippen molar-refractivity contribution in [1.82, 2.24) is 14.8 Å². The molecule has 0 spiro atoms. The van der Waals surface area contributed by atoms with Crippen molar-refractivity contribution < 1.29 is 23.8 Å². The summed E-state index contributed by atoms with van der Waals surface area (Å²) in [7, 11) is 6.33. The van der Waals surface area contributed by atoms with E-state index in [4.69, 9.17) is 14.2 Å². The second kappa shape index (κ2) is 11.3. The maximum Gasteiger partial charge on any atom is 0.341 e. The number of ether oxygens (including phenoxy) is 3. The average molecular weight is 525 g/mol. The van der Waals surface area contributed by atoms with Gasteiger partial charge in [0.25, 0.3) is 0 Å². The summed E-state index contributed by atoms with van der Waals surface area (Å²) < 4.78 is 17.4. The number of carbonyl (C=O) groups is 2. The number of hydrogen-bond acceptors (Lipinski definition) is 9. The van der Waals surface area contributed by atoms with Crippen molar-refractivity contribution >= 4 is 40.0 Å². The molecule has 36 heavy (non-hydrogen) atoms. The molecule has 0 atom stereocenters. The molecule has 0 aliphatic rings. The molecule has 1 N–H and O–H groups in total. The average Bonchev–Trinajstić information content (AvgIpc) is 3.50. The molecule has 0 fully saturated rings. The van der Waals surface area contributed by atoms with Crippen LogP contribution in [-0.2, 0) is 16.6 Å². The van der Waals surface area contributed by atoms with Crippen LogP contribution in [0.4, 0.5) is 5.00 Å². The SMILES string of the molecule is COC(=O)c1c(-c2ccc(OC)cc2)csc1NC(=O)CSc1nnc(-c2ccccc2OC)n1C. The smallest absolute Gasteiger partial charge is 0.341 e. The molecule has 0 aliphatic heterocycles. The number of rotatable bonds is 9. The molecule has 186 valence electrons. The monoisotopic (exact) mass is 524 g/mol. The minimum atomic E-state index is -0.528. The molecule has 9 nitrogen and oxygen atoms in total. The topological polar surface area (TPSA) is 105 Å². The number of anilines is 1. The lowest BCUT2D eigenvalue weighted by Crippen LogP contribution is -2.16. The van der Waals surface area contributed by atoms with Crippen molar-refractivity contribution in [3.8, 4) is 34.0 Å². The Bertz CT molecular complexity index is 1380. The van der Waals surface area contributed by atoms with Gasteiger partial charge in [0, 0.05) is 18.0 Å². The predicted molar refractivity (Wildman–Crippen MR) is 140 cm³/mol. The van der Waals surface area contributed by atoms with Crippen LogP contribution in [0.25, 0.3) is 22.5 Å². The molecule has 1 amide bonds. The number of amides is 1. The lowest BCUT2D eigenvalue weighted by atomic mass is 10.0. The van der Waals surface area contributed by atoms with Gasteiger partial charge in [-0.05, 0) is 29.8 Å². The van der Waals surface area contributed by atoms with Crippen molar-refractivity contribution in [3.63, 3.8) is 0 Å². The number of methoxy groups -OCH3 is 3. The summed E-state index contributed by atoms with van der Waals surface area (Å²) in [6.45, 7) is 0. The van der Waals surface area contributed by atoms with Crippen LogP contribution in [0.15, 0.2) is 59.1 Å². The van der Waals surface area contributed by atoms with Gasteiger partial charge in [-0.15, -0.1) is 21.5 Å². The molecule has 4 rings (SSSR count). The van der Waals surface area contributed by atoms with Crippen LogP contribution in [0.1, 0.15) is 10.4 Å². The quantitative estimate of drug-likeness (QED) is 0.247. The van der Waals surface area contributed by atoms with Gasteiger partial charge in [0.15, 0.2) is 11.0 Å². The van der Waals surface area contributed by atoms with E-state index in [0.29, 0.717) is 38.6 Å². The number of para-hydroxylation sites is 1. The second-order valence-corrected chi connectivity index (χ2v) is 9.30. The lowest BCUT2D eigenvalue weighted by Gasteiger charge is -2.09. The summed E-state index contributed by atoms with van der Waals surface area (Å²) in [5.74, 6) is 1.29. The van der Waals surface area contributed by atoms with Crippen LogP contribution in [0.5, 0.6) is 11.5 Å². The highest BCUT2D eigenvalue weighted by Gasteiger charge is 2.23. The highest BCUT2D eigenvalue weighted by molar-refractivity contribution is 7.99. The third-order valence-electron chi connectivity index (χ3n) is 5.35. The Labute approximate surface area is 216 Å². The minimum absolute atomic E-state index is 0.0777. The third-order valence-corrected chi connectivity index (χ3v) is 7.27. The van der Waals surface area contributed by atoms with Gasteiger partial charge in [-0.3, -0.25) is 4.79 Å². The van der Waals surface area contributed by atoms with Crippen LogP contribution in [0.2, 0.25) is 0 Å². The van der Waals surface area contributed by atoms with Crippen molar-refractivity contribution in [2.75, 3.05) is 32.4 Å². The van der Waals surface area contributed by atoms with E-state index in [1.807, 2.05) is 65.5 Å². The number of thioether (sulfide) groups is 1. The Hall–Kier alpha value is -3.83. The van der Waals surface area contributed by atoms with E-state index in [1.54, 1.807) is 14.2 Å². The van der Waals surface area contributed by atoms with Gasteiger partial charge in [0.05, 0.1) is 32.6 Å². The Morgan fingerprint density at radius 2 is 1.75 bits per heavy atom. The molecule has 0 aliphatic carbocycles. The number of carbonyl (C=O) groups excluding carboxylic acids is 2. The molecule has 11 heteroatoms. The number of nitrogens with zero attached hydrogens (tertiary/aromatic N) is 3. The zero-order valence-corrected chi connectivity index (χ0v) is 21.7. The molecule has 0 bridgehead atoms. The Morgan fingerprint density at radius 1 is 1.00 bits per heavy atom. The standard InChI is InChI=1S/C25H24N4O5S2/c1-29-22(17-7-5-6-8-19(17)33-3)27-28-25(29)36-14-20(30)26-23-21(24(31)34-4)18(13-35-23)15-9-11-16(32-2)12-10-15/h5-13H,14H2,1-4H3,(H,26,30). The Morgan fingerprint density at radius 3 is 2.44 bits per heavy atom. The Kier molecular flexibility index (Phi) is 7.91. The number of benzene rings is 2. The van der Waals surface area contributed by atoms with Gasteiger partial charge >= 0.3 is 5.97 Å². The van der Waals surface area contributed by atoms with E-state index in [0.717, 1.165) is 11.1 Å². The van der Waals surface area contributed by atoms with Crippen LogP contribution in [0, 0.1) is 0 Å². The molecule has 0 radical (unpaired) electrons. The highest BCUT2D eigenvalue weighted by Crippen LogP contribution is 2.37. The number of hydrogen-bond donors (Lipinski definition) is 1. The van der Waals surface area contributed by atoms with Crippen molar-refractivity contribution in [3.05, 3.63) is 59.5 Å². The molecule has 4 aromatic rings. The van der Waals surface area contributed by atoms with Gasteiger partial charge in [-0.1, -0.05) is 36.0 Å². The number of nitrogens with one attached hydrogen (secondary N) is 1. The van der Waals surface area contributed by atoms with Crippen LogP contribution in [-0.4, -0.2) is 53.7 Å². The molecular weight excluding hydrogens is 500 g/mol. The fourth-order valence-corrected chi connectivity index (χ4v) is 5.22. The first-order valence-electron chi connectivity index (χ1n) is 10.8. The maximum atomic E-state index is 12.8. The molecule has 2 aromatic heterocycles. The largest absolute Gasteiger partial charge is 0.497 e.